The Bertz CT molecular complexity index is 1440. The molecule has 1 saturated heterocycles. The first-order chi connectivity index (χ1) is 20.6. The van der Waals surface area contributed by atoms with Gasteiger partial charge in [-0.3, -0.25) is 4.90 Å². The summed E-state index contributed by atoms with van der Waals surface area (Å²) < 4.78 is 22.7. The monoisotopic (exact) mass is 570 g/mol. The van der Waals surface area contributed by atoms with Gasteiger partial charge in [-0.1, -0.05) is 61.2 Å². The van der Waals surface area contributed by atoms with E-state index in [1.54, 1.807) is 20.3 Å². The third kappa shape index (κ3) is 8.42. The van der Waals surface area contributed by atoms with Crippen LogP contribution in [0.15, 0.2) is 85.7 Å². The predicted molar refractivity (Wildman–Crippen MR) is 168 cm³/mol. The van der Waals surface area contributed by atoms with Gasteiger partial charge < -0.3 is 29.6 Å². The highest BCUT2D eigenvalue weighted by Crippen LogP contribution is 2.40. The molecule has 220 valence electrons. The molecule has 5 rings (SSSR count). The predicted octanol–water partition coefficient (Wildman–Crippen LogP) is 5.99. The zero-order chi connectivity index (χ0) is 29.6. The van der Waals surface area contributed by atoms with E-state index < -0.39 is 0 Å². The second-order valence-corrected chi connectivity index (χ2v) is 9.18. The second-order valence-electron chi connectivity index (χ2n) is 9.18. The smallest absolute Gasteiger partial charge is 0.232 e. The van der Waals surface area contributed by atoms with E-state index in [0.29, 0.717) is 41.4 Å². The summed E-state index contributed by atoms with van der Waals surface area (Å²) in [6, 6.07) is 17.9. The molecule has 0 aliphatic carbocycles. The molecule has 0 saturated carbocycles. The summed E-state index contributed by atoms with van der Waals surface area (Å²) in [5.74, 6) is 2.45. The number of rotatable bonds is 11. The summed E-state index contributed by atoms with van der Waals surface area (Å²) in [4.78, 5) is 15.4. The van der Waals surface area contributed by atoms with E-state index in [-0.39, 0.29) is 0 Å². The Morgan fingerprint density at radius 1 is 0.952 bits per heavy atom. The Hall–Kier alpha value is -4.67. The van der Waals surface area contributed by atoms with Crippen molar-refractivity contribution in [3.63, 3.8) is 0 Å². The van der Waals surface area contributed by atoms with Crippen LogP contribution in [0.1, 0.15) is 6.92 Å². The van der Waals surface area contributed by atoms with Crippen molar-refractivity contribution < 1.29 is 18.9 Å². The summed E-state index contributed by atoms with van der Waals surface area (Å²) in [6.07, 6.45) is 7.04. The lowest BCUT2D eigenvalue weighted by Crippen LogP contribution is -2.38. The second kappa shape index (κ2) is 15.9. The standard InChI is InChI=1S/C27H30N6O4.C5H8/c1-34-23-16-20(17-24(35-2)25(23)37-15-12-33-10-13-36-14-11-33)30-26-28-18-29-27(32-26)31-22-9-5-7-19-6-3-4-8-21(19)22;1-3-5-4-2/h3-9,16-18H,10-15H2,1-2H3,(H2,28,29,30,31,32);3-5H,1H2,2H3/b;5-4-. The lowest BCUT2D eigenvalue weighted by atomic mass is 10.1. The minimum absolute atomic E-state index is 0.378. The van der Waals surface area contributed by atoms with Gasteiger partial charge in [0.25, 0.3) is 0 Å². The summed E-state index contributed by atoms with van der Waals surface area (Å²) in [5, 5.41) is 8.72. The van der Waals surface area contributed by atoms with Crippen LogP contribution in [-0.4, -0.2) is 73.5 Å². The zero-order valence-corrected chi connectivity index (χ0v) is 24.4. The number of morpholine rings is 1. The van der Waals surface area contributed by atoms with Crippen molar-refractivity contribution in [1.29, 1.82) is 0 Å². The molecule has 4 aromatic rings. The fourth-order valence-corrected chi connectivity index (χ4v) is 4.33. The van der Waals surface area contributed by atoms with Crippen LogP contribution in [-0.2, 0) is 4.74 Å². The number of fused-ring (bicyclic) bond motifs is 1. The van der Waals surface area contributed by atoms with Gasteiger partial charge in [0.1, 0.15) is 12.9 Å². The van der Waals surface area contributed by atoms with Gasteiger partial charge in [-0.05, 0) is 18.4 Å². The van der Waals surface area contributed by atoms with Gasteiger partial charge >= 0.3 is 0 Å². The highest BCUT2D eigenvalue weighted by atomic mass is 16.5. The third-order valence-corrected chi connectivity index (χ3v) is 6.41. The molecule has 2 heterocycles. The quantitative estimate of drug-likeness (QED) is 0.209. The van der Waals surface area contributed by atoms with E-state index in [2.05, 4.69) is 55.3 Å². The number of methoxy groups -OCH3 is 2. The van der Waals surface area contributed by atoms with Crippen molar-refractivity contribution in [3.8, 4) is 17.2 Å². The minimum atomic E-state index is 0.378. The molecule has 1 aliphatic rings. The lowest BCUT2D eigenvalue weighted by Gasteiger charge is -2.26. The van der Waals surface area contributed by atoms with Crippen LogP contribution in [0.2, 0.25) is 0 Å². The maximum atomic E-state index is 6.07. The number of allylic oxidation sites excluding steroid dienone is 3. The van der Waals surface area contributed by atoms with Gasteiger partial charge in [-0.25, -0.2) is 9.97 Å². The van der Waals surface area contributed by atoms with Crippen LogP contribution in [0.3, 0.4) is 0 Å². The number of hydrogen-bond donors (Lipinski definition) is 2. The van der Waals surface area contributed by atoms with Crippen LogP contribution >= 0.6 is 0 Å². The van der Waals surface area contributed by atoms with E-state index in [9.17, 15) is 0 Å². The van der Waals surface area contributed by atoms with Gasteiger partial charge in [0.15, 0.2) is 11.5 Å². The summed E-state index contributed by atoms with van der Waals surface area (Å²) in [6.45, 7) is 10.1. The number of aromatic nitrogens is 3. The molecule has 1 aromatic heterocycles. The van der Waals surface area contributed by atoms with Crippen molar-refractivity contribution in [2.45, 2.75) is 6.92 Å². The van der Waals surface area contributed by atoms with Crippen molar-refractivity contribution in [1.82, 2.24) is 19.9 Å². The number of hydrogen-bond acceptors (Lipinski definition) is 10. The Kier molecular flexibility index (Phi) is 11.5. The molecule has 10 heteroatoms. The van der Waals surface area contributed by atoms with Crippen molar-refractivity contribution in [2.24, 2.45) is 0 Å². The van der Waals surface area contributed by atoms with Crippen LogP contribution in [0.4, 0.5) is 23.3 Å². The molecule has 42 heavy (non-hydrogen) atoms. The van der Waals surface area contributed by atoms with E-state index in [1.807, 2.05) is 55.5 Å². The Labute approximate surface area is 247 Å². The summed E-state index contributed by atoms with van der Waals surface area (Å²) in [5.41, 5.74) is 1.61. The molecule has 0 unspecified atom stereocenters. The number of nitrogens with zero attached hydrogens (tertiary/aromatic N) is 4. The third-order valence-electron chi connectivity index (χ3n) is 6.41. The summed E-state index contributed by atoms with van der Waals surface area (Å²) >= 11 is 0. The Balaban J connectivity index is 0.000000748. The first-order valence-corrected chi connectivity index (χ1v) is 13.8. The van der Waals surface area contributed by atoms with Crippen molar-refractivity contribution >= 4 is 34.0 Å². The van der Waals surface area contributed by atoms with Gasteiger partial charge in [0.05, 0.1) is 27.4 Å². The number of ether oxygens (including phenoxy) is 4. The highest BCUT2D eigenvalue weighted by Gasteiger charge is 2.17. The fraction of sp³-hybridized carbons (Fsp3) is 0.281. The molecule has 2 N–H and O–H groups in total. The maximum absolute atomic E-state index is 6.07. The molecule has 0 spiro atoms. The number of anilines is 4. The van der Waals surface area contributed by atoms with E-state index in [0.717, 1.165) is 49.3 Å². The molecule has 3 aromatic carbocycles. The Morgan fingerprint density at radius 2 is 1.64 bits per heavy atom. The zero-order valence-electron chi connectivity index (χ0n) is 24.4. The van der Waals surface area contributed by atoms with Crippen LogP contribution in [0, 0.1) is 0 Å². The Morgan fingerprint density at radius 3 is 2.31 bits per heavy atom. The molecule has 0 bridgehead atoms. The first-order valence-electron chi connectivity index (χ1n) is 13.8. The van der Waals surface area contributed by atoms with E-state index >= 15 is 0 Å². The molecule has 10 nitrogen and oxygen atoms in total. The molecule has 0 radical (unpaired) electrons. The SMILES string of the molecule is C=C/C=C\C.COc1cc(Nc2ncnc(Nc3cccc4ccccc34)n2)cc(OC)c1OCCN1CCOCC1. The van der Waals surface area contributed by atoms with Gasteiger partial charge in [0.2, 0.25) is 17.6 Å². The van der Waals surface area contributed by atoms with Crippen molar-refractivity contribution in [2.75, 3.05) is 64.3 Å². The molecule has 0 amide bonds. The summed E-state index contributed by atoms with van der Waals surface area (Å²) in [7, 11) is 3.20. The largest absolute Gasteiger partial charge is 0.493 e. The molecular formula is C32H38N6O4. The lowest BCUT2D eigenvalue weighted by molar-refractivity contribution is 0.0319. The first kappa shape index (κ1) is 30.3. The fourth-order valence-electron chi connectivity index (χ4n) is 4.33. The van der Waals surface area contributed by atoms with Crippen molar-refractivity contribution in [3.05, 3.63) is 85.7 Å². The van der Waals surface area contributed by atoms with E-state index in [4.69, 9.17) is 18.9 Å². The van der Waals surface area contributed by atoms with Crippen LogP contribution < -0.4 is 24.8 Å². The van der Waals surface area contributed by atoms with Gasteiger partial charge in [-0.15, -0.1) is 0 Å². The highest BCUT2D eigenvalue weighted by molar-refractivity contribution is 5.94. The normalized spacial score (nSPS) is 13.2. The van der Waals surface area contributed by atoms with Gasteiger partial charge in [0, 0.05) is 48.5 Å². The van der Waals surface area contributed by atoms with E-state index in [1.165, 1.54) is 6.33 Å². The number of benzene rings is 3. The van der Waals surface area contributed by atoms with Crippen LogP contribution in [0.25, 0.3) is 10.8 Å². The molecule has 1 aliphatic heterocycles. The minimum Gasteiger partial charge on any atom is -0.493 e. The number of nitrogens with one attached hydrogen (secondary N) is 2. The average molecular weight is 571 g/mol. The molecular weight excluding hydrogens is 532 g/mol. The topological polar surface area (TPSA) is 103 Å². The van der Waals surface area contributed by atoms with Crippen LogP contribution in [0.5, 0.6) is 17.2 Å². The molecule has 1 fully saturated rings. The van der Waals surface area contributed by atoms with Gasteiger partial charge in [-0.2, -0.15) is 4.98 Å². The average Bonchev–Trinajstić information content (AvgIpc) is 3.03. The maximum Gasteiger partial charge on any atom is 0.232 e. The molecule has 0 atom stereocenters.